The van der Waals surface area contributed by atoms with Gasteiger partial charge in [-0.1, -0.05) is 26.0 Å². The van der Waals surface area contributed by atoms with Crippen molar-refractivity contribution in [2.75, 3.05) is 6.54 Å². The normalized spacial score (nSPS) is 23.2. The third-order valence-electron chi connectivity index (χ3n) is 4.81. The zero-order chi connectivity index (χ0) is 18.3. The molecule has 0 radical (unpaired) electrons. The highest BCUT2D eigenvalue weighted by molar-refractivity contribution is 6.05. The van der Waals surface area contributed by atoms with Crippen LogP contribution in [0, 0.1) is 11.3 Å². The molecular formula is C17H20F3NO3. The summed E-state index contributed by atoms with van der Waals surface area (Å²) in [6.45, 7) is 5.15. The van der Waals surface area contributed by atoms with Crippen molar-refractivity contribution in [1.29, 1.82) is 0 Å². The SMILES string of the molecule is CC(C)C1(C)CC(=O)N(CC(O)c2ccc(C(F)(F)F)cc2)C1=O. The Morgan fingerprint density at radius 3 is 2.17 bits per heavy atom. The number of hydrogen-bond acceptors (Lipinski definition) is 3. The summed E-state index contributed by atoms with van der Waals surface area (Å²) in [5.74, 6) is -0.766. The van der Waals surface area contributed by atoms with Crippen LogP contribution in [0.4, 0.5) is 13.2 Å². The van der Waals surface area contributed by atoms with Crippen LogP contribution in [-0.2, 0) is 15.8 Å². The molecule has 1 N–H and O–H groups in total. The number of carbonyl (C=O) groups is 2. The van der Waals surface area contributed by atoms with Crippen molar-refractivity contribution in [1.82, 2.24) is 4.90 Å². The van der Waals surface area contributed by atoms with Crippen molar-refractivity contribution in [3.63, 3.8) is 0 Å². The Morgan fingerprint density at radius 2 is 1.75 bits per heavy atom. The number of amides is 2. The Balaban J connectivity index is 2.14. The minimum atomic E-state index is -4.45. The molecular weight excluding hydrogens is 323 g/mol. The van der Waals surface area contributed by atoms with Gasteiger partial charge >= 0.3 is 6.18 Å². The highest BCUT2D eigenvalue weighted by Gasteiger charge is 2.50. The summed E-state index contributed by atoms with van der Waals surface area (Å²) in [5, 5.41) is 10.2. The second-order valence-corrected chi connectivity index (χ2v) is 6.69. The van der Waals surface area contributed by atoms with Gasteiger partial charge in [0.15, 0.2) is 0 Å². The van der Waals surface area contributed by atoms with Gasteiger partial charge in [0, 0.05) is 6.42 Å². The van der Waals surface area contributed by atoms with Crippen molar-refractivity contribution in [3.8, 4) is 0 Å². The predicted molar refractivity (Wildman–Crippen MR) is 80.7 cm³/mol. The van der Waals surface area contributed by atoms with E-state index in [4.69, 9.17) is 0 Å². The van der Waals surface area contributed by atoms with Crippen molar-refractivity contribution in [3.05, 3.63) is 35.4 Å². The van der Waals surface area contributed by atoms with E-state index in [-0.39, 0.29) is 36.3 Å². The zero-order valence-electron chi connectivity index (χ0n) is 13.7. The smallest absolute Gasteiger partial charge is 0.387 e. The molecule has 0 bridgehead atoms. The average molecular weight is 343 g/mol. The molecule has 2 atom stereocenters. The molecule has 0 aromatic heterocycles. The van der Waals surface area contributed by atoms with Crippen LogP contribution in [0.2, 0.25) is 0 Å². The lowest BCUT2D eigenvalue weighted by Gasteiger charge is -2.26. The van der Waals surface area contributed by atoms with Crippen LogP contribution < -0.4 is 0 Å². The number of halogens is 3. The van der Waals surface area contributed by atoms with Crippen molar-refractivity contribution in [2.24, 2.45) is 11.3 Å². The highest BCUT2D eigenvalue weighted by Crippen LogP contribution is 2.40. The Morgan fingerprint density at radius 1 is 1.21 bits per heavy atom. The van der Waals surface area contributed by atoms with Gasteiger partial charge in [0.05, 0.1) is 23.6 Å². The van der Waals surface area contributed by atoms with Crippen LogP contribution in [0.25, 0.3) is 0 Å². The molecule has 1 heterocycles. The summed E-state index contributed by atoms with van der Waals surface area (Å²) in [7, 11) is 0. The van der Waals surface area contributed by atoms with Gasteiger partial charge in [-0.15, -0.1) is 0 Å². The molecule has 132 valence electrons. The maximum absolute atomic E-state index is 12.6. The first-order chi connectivity index (χ1) is 11.0. The largest absolute Gasteiger partial charge is 0.416 e. The number of benzene rings is 1. The molecule has 0 spiro atoms. The molecule has 24 heavy (non-hydrogen) atoms. The number of β-amino-alcohol motifs (C(OH)–C–C–N with tert-alkyl or cyclic N) is 1. The summed E-state index contributed by atoms with van der Waals surface area (Å²) in [4.78, 5) is 25.6. The van der Waals surface area contributed by atoms with Gasteiger partial charge in [0.1, 0.15) is 0 Å². The number of carbonyl (C=O) groups excluding carboxylic acids is 2. The van der Waals surface area contributed by atoms with Crippen LogP contribution in [0.5, 0.6) is 0 Å². The lowest BCUT2D eigenvalue weighted by Crippen LogP contribution is -2.39. The van der Waals surface area contributed by atoms with Crippen LogP contribution >= 0.6 is 0 Å². The van der Waals surface area contributed by atoms with Crippen molar-refractivity contribution >= 4 is 11.8 Å². The van der Waals surface area contributed by atoms with Gasteiger partial charge in [-0.25, -0.2) is 0 Å². The maximum atomic E-state index is 12.6. The molecule has 1 fully saturated rings. The van der Waals surface area contributed by atoms with E-state index in [0.717, 1.165) is 29.2 Å². The molecule has 1 saturated heterocycles. The molecule has 2 unspecified atom stereocenters. The minimum Gasteiger partial charge on any atom is -0.387 e. The molecule has 2 amide bonds. The maximum Gasteiger partial charge on any atom is 0.416 e. The van der Waals surface area contributed by atoms with Crippen molar-refractivity contribution in [2.45, 2.75) is 39.5 Å². The number of aliphatic hydroxyl groups is 1. The van der Waals surface area contributed by atoms with Crippen LogP contribution in [0.3, 0.4) is 0 Å². The molecule has 1 aliphatic rings. The Hall–Kier alpha value is -1.89. The molecule has 0 aliphatic carbocycles. The van der Waals surface area contributed by atoms with Crippen LogP contribution in [0.15, 0.2) is 24.3 Å². The van der Waals surface area contributed by atoms with E-state index in [0.29, 0.717) is 0 Å². The second kappa shape index (κ2) is 6.20. The van der Waals surface area contributed by atoms with E-state index >= 15 is 0 Å². The van der Waals surface area contributed by atoms with Crippen molar-refractivity contribution < 1.29 is 27.9 Å². The van der Waals surface area contributed by atoms with Gasteiger partial charge in [0.25, 0.3) is 0 Å². The average Bonchev–Trinajstić information content (AvgIpc) is 2.71. The van der Waals surface area contributed by atoms with E-state index in [1.165, 1.54) is 0 Å². The fourth-order valence-corrected chi connectivity index (χ4v) is 2.72. The summed E-state index contributed by atoms with van der Waals surface area (Å²) in [6.07, 6.45) is -5.61. The molecule has 0 saturated carbocycles. The monoisotopic (exact) mass is 343 g/mol. The van der Waals surface area contributed by atoms with E-state index < -0.39 is 23.3 Å². The second-order valence-electron chi connectivity index (χ2n) is 6.69. The summed E-state index contributed by atoms with van der Waals surface area (Å²) in [5.41, 5.74) is -1.40. The predicted octanol–water partition coefficient (Wildman–Crippen LogP) is 3.16. The number of rotatable bonds is 4. The molecule has 1 aromatic carbocycles. The van der Waals surface area contributed by atoms with Gasteiger partial charge in [0.2, 0.25) is 11.8 Å². The first kappa shape index (κ1) is 18.4. The van der Waals surface area contributed by atoms with E-state index in [1.807, 2.05) is 13.8 Å². The number of alkyl halides is 3. The van der Waals surface area contributed by atoms with Crippen LogP contribution in [-0.4, -0.2) is 28.4 Å². The third-order valence-corrected chi connectivity index (χ3v) is 4.81. The van der Waals surface area contributed by atoms with Gasteiger partial charge in [-0.3, -0.25) is 14.5 Å². The van der Waals surface area contributed by atoms with E-state index in [2.05, 4.69) is 0 Å². The van der Waals surface area contributed by atoms with E-state index in [9.17, 15) is 27.9 Å². The molecule has 7 heteroatoms. The number of nitrogens with zero attached hydrogens (tertiary/aromatic N) is 1. The fourth-order valence-electron chi connectivity index (χ4n) is 2.72. The standard InChI is InChI=1S/C17H20F3NO3/c1-10(2)16(3)8-14(23)21(15(16)24)9-13(22)11-4-6-12(7-5-11)17(18,19)20/h4-7,10,13,22H,8-9H2,1-3H3. The summed E-state index contributed by atoms with van der Waals surface area (Å²) < 4.78 is 37.7. The number of aliphatic hydroxyl groups excluding tert-OH is 1. The topological polar surface area (TPSA) is 57.6 Å². The number of likely N-dealkylation sites (tertiary alicyclic amines) is 1. The summed E-state index contributed by atoms with van der Waals surface area (Å²) >= 11 is 0. The Bertz CT molecular complexity index is 639. The lowest BCUT2D eigenvalue weighted by molar-refractivity contribution is -0.143. The summed E-state index contributed by atoms with van der Waals surface area (Å²) in [6, 6.07) is 4.04. The first-order valence-corrected chi connectivity index (χ1v) is 7.67. The van der Waals surface area contributed by atoms with E-state index in [1.54, 1.807) is 6.92 Å². The molecule has 1 aliphatic heterocycles. The quantitative estimate of drug-likeness (QED) is 0.855. The number of imide groups is 1. The lowest BCUT2D eigenvalue weighted by atomic mass is 9.78. The first-order valence-electron chi connectivity index (χ1n) is 7.67. The molecule has 4 nitrogen and oxygen atoms in total. The Kier molecular flexibility index (Phi) is 4.77. The fraction of sp³-hybridized carbons (Fsp3) is 0.529. The molecule has 1 aromatic rings. The van der Waals surface area contributed by atoms with Gasteiger partial charge in [-0.2, -0.15) is 13.2 Å². The van der Waals surface area contributed by atoms with Crippen LogP contribution in [0.1, 0.15) is 44.4 Å². The number of hydrogen-bond donors (Lipinski definition) is 1. The highest BCUT2D eigenvalue weighted by atomic mass is 19.4. The molecule has 2 rings (SSSR count). The zero-order valence-corrected chi connectivity index (χ0v) is 13.7. The van der Waals surface area contributed by atoms with Gasteiger partial charge in [-0.05, 0) is 30.5 Å². The third kappa shape index (κ3) is 3.31. The Labute approximate surface area is 138 Å². The van der Waals surface area contributed by atoms with Gasteiger partial charge < -0.3 is 5.11 Å². The minimum absolute atomic E-state index is 0.0397.